The van der Waals surface area contributed by atoms with E-state index in [0.717, 1.165) is 0 Å². The molecule has 0 radical (unpaired) electrons. The van der Waals surface area contributed by atoms with Crippen molar-refractivity contribution >= 4 is 52.9 Å². The maximum Gasteiger partial charge on any atom is 0.471 e. The van der Waals surface area contributed by atoms with Crippen LogP contribution in [-0.2, 0) is 19.1 Å². The molecule has 6 N–H and O–H groups in total. The number of nitrogens with one attached hydrogen (secondary N) is 6. The van der Waals surface area contributed by atoms with Crippen molar-refractivity contribution in [2.75, 3.05) is 11.9 Å². The average Bonchev–Trinajstić information content (AvgIpc) is 3.78. The van der Waals surface area contributed by atoms with E-state index in [0.29, 0.717) is 31.0 Å². The number of amides is 2. The Morgan fingerprint density at radius 3 is 1.86 bits per heavy atom. The molecule has 282 valence electrons. The van der Waals surface area contributed by atoms with Gasteiger partial charge < -0.3 is 30.9 Å². The second-order valence-corrected chi connectivity index (χ2v) is 12.5. The molecule has 6 aliphatic heterocycles. The van der Waals surface area contributed by atoms with Crippen LogP contribution in [0, 0.1) is 0 Å². The SMILES string of the molecule is C=C1N[C@H]2[C@H](CC)N=C(NC(=O)C(F)(F)F)N3C(OC(C)=O)C=CC23N1.C=C1N[C@H]2[C@H](CC)N=C(NC(=O)C(F)(F)F)N3CC=CC23N1.ClCCl. The number of esters is 1. The molecule has 14 nitrogen and oxygen atoms in total. The van der Waals surface area contributed by atoms with Crippen molar-refractivity contribution in [2.24, 2.45) is 9.98 Å². The molecule has 7 atom stereocenters. The molecule has 6 heterocycles. The van der Waals surface area contributed by atoms with Crippen LogP contribution in [-0.4, -0.2) is 105 Å². The van der Waals surface area contributed by atoms with Crippen molar-refractivity contribution in [1.82, 2.24) is 41.7 Å². The Hall–Kier alpha value is -4.33. The zero-order valence-corrected chi connectivity index (χ0v) is 28.9. The first-order valence-electron chi connectivity index (χ1n) is 15.4. The van der Waals surface area contributed by atoms with Crippen LogP contribution in [0.4, 0.5) is 26.3 Å². The van der Waals surface area contributed by atoms with Crippen LogP contribution in [0.15, 0.2) is 59.1 Å². The fourth-order valence-electron chi connectivity index (χ4n) is 6.61. The van der Waals surface area contributed by atoms with E-state index >= 15 is 0 Å². The monoisotopic (exact) mass is 772 g/mol. The minimum Gasteiger partial charge on any atom is -0.438 e. The minimum absolute atomic E-state index is 0.0700. The van der Waals surface area contributed by atoms with Crippen LogP contribution in [0.5, 0.6) is 0 Å². The summed E-state index contributed by atoms with van der Waals surface area (Å²) in [5.41, 5.74) is -1.80. The van der Waals surface area contributed by atoms with Gasteiger partial charge in [0.2, 0.25) is 11.9 Å². The largest absolute Gasteiger partial charge is 0.471 e. The van der Waals surface area contributed by atoms with E-state index in [2.05, 4.69) is 44.4 Å². The molecule has 0 aromatic rings. The second kappa shape index (κ2) is 14.7. The summed E-state index contributed by atoms with van der Waals surface area (Å²) in [6.45, 7) is 12.9. The lowest BCUT2D eigenvalue weighted by molar-refractivity contribution is -0.172. The standard InChI is InChI=1S/C15H18F3N5O3.C13H16F3N5O.CH2Cl2/c1-4-9-11-14(22-7(2)19-11)6-5-10(26-8(3)24)23(14)13(20-9)21-12(25)15(16,17)18;1-3-8-9-12(20-7(2)17-9)5-4-6-21(12)11(18-8)19-10(22)13(14,15)16;2-1-3/h5-6,9-11,19,22H,2,4H2,1,3H3,(H,20,21,25);4-5,8-9,17,20H,2-3,6H2,1H3,(H,18,19,22);1H2/t9-,10?,11-,14?;8-,9-,12?;/m00./s1. The van der Waals surface area contributed by atoms with Gasteiger partial charge >= 0.3 is 30.1 Å². The van der Waals surface area contributed by atoms with Crippen LogP contribution < -0.4 is 31.9 Å². The first-order chi connectivity index (χ1) is 23.8. The van der Waals surface area contributed by atoms with Gasteiger partial charge in [0.1, 0.15) is 0 Å². The van der Waals surface area contributed by atoms with E-state index in [1.165, 1.54) is 17.9 Å². The third-order valence-corrected chi connectivity index (χ3v) is 8.50. The highest BCUT2D eigenvalue weighted by Crippen LogP contribution is 2.40. The molecule has 2 spiro atoms. The average molecular weight is 774 g/mol. The third kappa shape index (κ3) is 7.65. The molecule has 6 rings (SSSR count). The Morgan fingerprint density at radius 2 is 1.37 bits per heavy atom. The number of guanidine groups is 2. The van der Waals surface area contributed by atoms with Gasteiger partial charge in [0.05, 0.1) is 41.1 Å². The van der Waals surface area contributed by atoms with Crippen molar-refractivity contribution in [2.45, 2.75) is 87.7 Å². The molecule has 0 aromatic heterocycles. The van der Waals surface area contributed by atoms with Crippen molar-refractivity contribution in [3.8, 4) is 0 Å². The molecule has 51 heavy (non-hydrogen) atoms. The summed E-state index contributed by atoms with van der Waals surface area (Å²) in [6.07, 6.45) is -3.05. The van der Waals surface area contributed by atoms with Crippen molar-refractivity contribution in [3.05, 3.63) is 49.1 Å². The Morgan fingerprint density at radius 1 is 0.902 bits per heavy atom. The van der Waals surface area contributed by atoms with Crippen LogP contribution in [0.1, 0.15) is 33.6 Å². The van der Waals surface area contributed by atoms with Crippen molar-refractivity contribution in [3.63, 3.8) is 0 Å². The number of hydrogen-bond acceptors (Lipinski definition) is 12. The van der Waals surface area contributed by atoms with E-state index < -0.39 is 53.7 Å². The lowest BCUT2D eigenvalue weighted by Gasteiger charge is -2.47. The molecule has 0 aromatic carbocycles. The quantitative estimate of drug-likeness (QED) is 0.109. The fourth-order valence-corrected chi connectivity index (χ4v) is 6.61. The summed E-state index contributed by atoms with van der Waals surface area (Å²) in [5.74, 6) is -4.17. The predicted molar refractivity (Wildman–Crippen MR) is 174 cm³/mol. The first-order valence-corrected chi connectivity index (χ1v) is 16.5. The highest BCUT2D eigenvalue weighted by Gasteiger charge is 2.60. The number of ether oxygens (including phenoxy) is 1. The Labute approximate surface area is 298 Å². The molecule has 2 fully saturated rings. The zero-order chi connectivity index (χ0) is 38.1. The maximum atomic E-state index is 12.7. The summed E-state index contributed by atoms with van der Waals surface area (Å²) >= 11 is 9.53. The highest BCUT2D eigenvalue weighted by molar-refractivity contribution is 6.40. The fraction of sp³-hybridized carbons (Fsp3) is 0.552. The Bertz CT molecular complexity index is 1560. The molecule has 0 bridgehead atoms. The van der Waals surface area contributed by atoms with E-state index in [1.54, 1.807) is 16.3 Å². The summed E-state index contributed by atoms with van der Waals surface area (Å²) in [6, 6.07) is -1.25. The molecular weight excluding hydrogens is 737 g/mol. The number of aliphatic imine (C=N–C) groups is 2. The second-order valence-electron chi connectivity index (χ2n) is 11.7. The number of nitrogens with zero attached hydrogens (tertiary/aromatic N) is 4. The molecule has 2 saturated heterocycles. The molecule has 3 unspecified atom stereocenters. The van der Waals surface area contributed by atoms with E-state index in [1.807, 2.05) is 31.3 Å². The molecule has 0 aliphatic carbocycles. The lowest BCUT2D eigenvalue weighted by Crippen LogP contribution is -2.71. The van der Waals surface area contributed by atoms with E-state index in [-0.39, 0.29) is 35.4 Å². The summed E-state index contributed by atoms with van der Waals surface area (Å²) in [4.78, 5) is 45.6. The molecule has 2 amide bonds. The van der Waals surface area contributed by atoms with E-state index in [9.17, 15) is 40.7 Å². The van der Waals surface area contributed by atoms with Crippen molar-refractivity contribution < 1.29 is 45.5 Å². The number of carbonyl (C=O) groups is 3. The van der Waals surface area contributed by atoms with Crippen LogP contribution in [0.2, 0.25) is 0 Å². The number of carbonyl (C=O) groups excluding carboxylic acids is 3. The van der Waals surface area contributed by atoms with Gasteiger partial charge in [0.25, 0.3) is 0 Å². The number of rotatable bonds is 3. The van der Waals surface area contributed by atoms with Gasteiger partial charge in [-0.05, 0) is 31.1 Å². The maximum absolute atomic E-state index is 12.7. The molecule has 22 heteroatoms. The number of halogens is 8. The van der Waals surface area contributed by atoms with Gasteiger partial charge in [-0.2, -0.15) is 26.3 Å². The van der Waals surface area contributed by atoms with Gasteiger partial charge in [-0.15, -0.1) is 23.2 Å². The molecule has 6 aliphatic rings. The van der Waals surface area contributed by atoms with E-state index in [4.69, 9.17) is 27.9 Å². The normalized spacial score (nSPS) is 30.9. The Kier molecular flexibility index (Phi) is 11.4. The number of alkyl halides is 8. The van der Waals surface area contributed by atoms with Gasteiger partial charge in [0.15, 0.2) is 17.6 Å². The van der Waals surface area contributed by atoms with Crippen molar-refractivity contribution in [1.29, 1.82) is 0 Å². The predicted octanol–water partition coefficient (Wildman–Crippen LogP) is 2.14. The summed E-state index contributed by atoms with van der Waals surface area (Å²) < 4.78 is 80.9. The summed E-state index contributed by atoms with van der Waals surface area (Å²) in [7, 11) is 0. The first kappa shape index (κ1) is 39.5. The van der Waals surface area contributed by atoms with Crippen LogP contribution in [0.3, 0.4) is 0 Å². The van der Waals surface area contributed by atoms with Gasteiger partial charge in [-0.25, -0.2) is 9.98 Å². The molecule has 0 saturated carbocycles. The topological polar surface area (TPSA) is 164 Å². The molecular formula is C29H36Cl2F6N10O4. The zero-order valence-electron chi connectivity index (χ0n) is 27.4. The number of hydrogen-bond donors (Lipinski definition) is 6. The third-order valence-electron chi connectivity index (χ3n) is 8.50. The van der Waals surface area contributed by atoms with Gasteiger partial charge in [-0.3, -0.25) is 29.9 Å². The van der Waals surface area contributed by atoms with Crippen LogP contribution >= 0.6 is 23.2 Å². The highest BCUT2D eigenvalue weighted by atomic mass is 35.5. The van der Waals surface area contributed by atoms with Gasteiger partial charge in [-0.1, -0.05) is 33.1 Å². The summed E-state index contributed by atoms with van der Waals surface area (Å²) in [5, 5.41) is 16.4. The Balaban J connectivity index is 0.000000215. The minimum atomic E-state index is -5.08. The van der Waals surface area contributed by atoms with Crippen LogP contribution in [0.25, 0.3) is 0 Å². The smallest absolute Gasteiger partial charge is 0.438 e. The lowest BCUT2D eigenvalue weighted by atomic mass is 9.91. The van der Waals surface area contributed by atoms with Gasteiger partial charge in [0, 0.05) is 13.5 Å².